The zero-order valence-corrected chi connectivity index (χ0v) is 20.6. The Kier molecular flexibility index (Phi) is 5.86. The number of nitrogens with zero attached hydrogens (tertiary/aromatic N) is 6. The summed E-state index contributed by atoms with van der Waals surface area (Å²) in [4.78, 5) is 6.22. The van der Waals surface area contributed by atoms with Crippen molar-refractivity contribution in [3.8, 4) is 5.69 Å². The van der Waals surface area contributed by atoms with Crippen LogP contribution in [0, 0.1) is 6.92 Å². The Morgan fingerprint density at radius 2 is 1.60 bits per heavy atom. The number of hydrogen-bond acceptors (Lipinski definition) is 6. The van der Waals surface area contributed by atoms with Gasteiger partial charge in [-0.1, -0.05) is 42.0 Å². The number of hydrazone groups is 1. The minimum atomic E-state index is -3.85. The SMILES string of the molecule is Cc1ccc(S(=O)(=O)N2N=C(c3ccc(-n4cncn4)cc3)CC2c2ccc(N(C)C)cc2)cc1. The zero-order chi connectivity index (χ0) is 24.6. The summed E-state index contributed by atoms with van der Waals surface area (Å²) in [6.45, 7) is 1.93. The van der Waals surface area contributed by atoms with Gasteiger partial charge in [0.05, 0.1) is 22.3 Å². The largest absolute Gasteiger partial charge is 0.378 e. The van der Waals surface area contributed by atoms with Crippen molar-refractivity contribution >= 4 is 21.4 Å². The van der Waals surface area contributed by atoms with Crippen LogP contribution in [-0.2, 0) is 10.0 Å². The van der Waals surface area contributed by atoms with Gasteiger partial charge in [0.1, 0.15) is 12.7 Å². The maximum absolute atomic E-state index is 13.7. The summed E-state index contributed by atoms with van der Waals surface area (Å²) < 4.78 is 30.3. The molecule has 0 aliphatic carbocycles. The Bertz CT molecular complexity index is 1440. The van der Waals surface area contributed by atoms with Gasteiger partial charge < -0.3 is 4.90 Å². The molecule has 9 heteroatoms. The summed E-state index contributed by atoms with van der Waals surface area (Å²) in [7, 11) is 0.0995. The first-order valence-electron chi connectivity index (χ1n) is 11.2. The molecule has 3 aromatic carbocycles. The molecule has 1 atom stereocenters. The maximum atomic E-state index is 13.7. The fraction of sp³-hybridized carbons (Fsp3) is 0.192. The van der Waals surface area contributed by atoms with Crippen molar-refractivity contribution in [1.29, 1.82) is 0 Å². The highest BCUT2D eigenvalue weighted by molar-refractivity contribution is 7.89. The molecule has 2 heterocycles. The molecule has 1 aliphatic heterocycles. The molecule has 0 bridgehead atoms. The molecule has 0 N–H and O–H groups in total. The van der Waals surface area contributed by atoms with Gasteiger partial charge in [-0.25, -0.2) is 9.67 Å². The molecule has 0 amide bonds. The molecule has 1 aromatic heterocycles. The molecular formula is C26H26N6O2S. The van der Waals surface area contributed by atoms with Gasteiger partial charge in [0, 0.05) is 26.2 Å². The number of anilines is 1. The highest BCUT2D eigenvalue weighted by atomic mass is 32.2. The van der Waals surface area contributed by atoms with Crippen molar-refractivity contribution in [2.24, 2.45) is 5.10 Å². The van der Waals surface area contributed by atoms with E-state index in [1.807, 2.05) is 74.4 Å². The third-order valence-electron chi connectivity index (χ3n) is 6.12. The number of rotatable bonds is 6. The van der Waals surface area contributed by atoms with Crippen LogP contribution >= 0.6 is 0 Å². The molecule has 8 nitrogen and oxygen atoms in total. The number of benzene rings is 3. The highest BCUT2D eigenvalue weighted by Gasteiger charge is 2.37. The summed E-state index contributed by atoms with van der Waals surface area (Å²) in [5, 5.41) is 8.81. The molecule has 0 spiro atoms. The molecule has 0 saturated carbocycles. The van der Waals surface area contributed by atoms with E-state index in [2.05, 4.69) is 15.2 Å². The lowest BCUT2D eigenvalue weighted by atomic mass is 9.99. The smallest absolute Gasteiger partial charge is 0.279 e. The van der Waals surface area contributed by atoms with Crippen molar-refractivity contribution < 1.29 is 8.42 Å². The molecule has 1 aliphatic rings. The molecule has 0 fully saturated rings. The van der Waals surface area contributed by atoms with E-state index < -0.39 is 16.1 Å². The van der Waals surface area contributed by atoms with Crippen molar-refractivity contribution in [1.82, 2.24) is 19.2 Å². The van der Waals surface area contributed by atoms with E-state index in [-0.39, 0.29) is 4.90 Å². The Balaban J connectivity index is 1.53. The lowest BCUT2D eigenvalue weighted by Gasteiger charge is -2.24. The fourth-order valence-electron chi connectivity index (χ4n) is 4.09. The van der Waals surface area contributed by atoms with Gasteiger partial charge in [-0.3, -0.25) is 0 Å². The van der Waals surface area contributed by atoms with Gasteiger partial charge in [0.15, 0.2) is 0 Å². The third kappa shape index (κ3) is 4.42. The molecular weight excluding hydrogens is 460 g/mol. The topological polar surface area (TPSA) is 83.7 Å². The first kappa shape index (κ1) is 22.8. The lowest BCUT2D eigenvalue weighted by molar-refractivity contribution is 0.371. The summed E-state index contributed by atoms with van der Waals surface area (Å²) in [5.41, 5.74) is 5.38. The van der Waals surface area contributed by atoms with E-state index in [4.69, 9.17) is 0 Å². The van der Waals surface area contributed by atoms with E-state index in [1.165, 1.54) is 10.7 Å². The molecule has 0 saturated heterocycles. The molecule has 35 heavy (non-hydrogen) atoms. The van der Waals surface area contributed by atoms with Crippen LogP contribution in [0.15, 0.2) is 95.4 Å². The summed E-state index contributed by atoms with van der Waals surface area (Å²) in [6, 6.07) is 22.1. The number of sulfonamides is 1. The van der Waals surface area contributed by atoms with E-state index in [9.17, 15) is 8.42 Å². The average Bonchev–Trinajstić information content (AvgIpc) is 3.56. The molecule has 4 aromatic rings. The molecule has 5 rings (SSSR count). The normalized spacial score (nSPS) is 15.8. The van der Waals surface area contributed by atoms with Crippen LogP contribution in [0.25, 0.3) is 5.69 Å². The monoisotopic (exact) mass is 486 g/mol. The predicted octanol–water partition coefficient (Wildman–Crippen LogP) is 4.18. The summed E-state index contributed by atoms with van der Waals surface area (Å²) >= 11 is 0. The average molecular weight is 487 g/mol. The quantitative estimate of drug-likeness (QED) is 0.408. The van der Waals surface area contributed by atoms with Crippen LogP contribution < -0.4 is 4.90 Å². The van der Waals surface area contributed by atoms with Crippen molar-refractivity contribution in [3.05, 3.63) is 102 Å². The summed E-state index contributed by atoms with van der Waals surface area (Å²) in [6.07, 6.45) is 3.58. The van der Waals surface area contributed by atoms with Crippen LogP contribution in [0.3, 0.4) is 0 Å². The van der Waals surface area contributed by atoms with Crippen molar-refractivity contribution in [2.75, 3.05) is 19.0 Å². The van der Waals surface area contributed by atoms with E-state index >= 15 is 0 Å². The van der Waals surface area contributed by atoms with Crippen LogP contribution in [-0.4, -0.2) is 47.4 Å². The van der Waals surface area contributed by atoms with Crippen LogP contribution in [0.1, 0.15) is 29.2 Å². The second-order valence-electron chi connectivity index (χ2n) is 8.73. The Labute approximate surface area is 205 Å². The second-order valence-corrected chi connectivity index (χ2v) is 10.5. The number of aryl methyl sites for hydroxylation is 1. The Hall–Kier alpha value is -3.98. The molecule has 1 unspecified atom stereocenters. The van der Waals surface area contributed by atoms with Crippen molar-refractivity contribution in [2.45, 2.75) is 24.3 Å². The molecule has 0 radical (unpaired) electrons. The van der Waals surface area contributed by atoms with E-state index in [1.54, 1.807) is 35.3 Å². The lowest BCUT2D eigenvalue weighted by Crippen LogP contribution is -2.27. The number of hydrogen-bond donors (Lipinski definition) is 0. The highest BCUT2D eigenvalue weighted by Crippen LogP contribution is 2.37. The van der Waals surface area contributed by atoms with Crippen LogP contribution in [0.2, 0.25) is 0 Å². The van der Waals surface area contributed by atoms with Gasteiger partial charge in [0.2, 0.25) is 0 Å². The third-order valence-corrected chi connectivity index (χ3v) is 7.81. The summed E-state index contributed by atoms with van der Waals surface area (Å²) in [5.74, 6) is 0. The van der Waals surface area contributed by atoms with Crippen LogP contribution in [0.5, 0.6) is 0 Å². The second kappa shape index (κ2) is 8.99. The number of aromatic nitrogens is 3. The van der Waals surface area contributed by atoms with Gasteiger partial charge in [-0.05, 0) is 54.4 Å². The van der Waals surface area contributed by atoms with Crippen LogP contribution in [0.4, 0.5) is 5.69 Å². The minimum absolute atomic E-state index is 0.226. The Morgan fingerprint density at radius 1 is 0.914 bits per heavy atom. The van der Waals surface area contributed by atoms with Gasteiger partial charge in [-0.15, -0.1) is 0 Å². The molecule has 178 valence electrons. The maximum Gasteiger partial charge on any atom is 0.279 e. The minimum Gasteiger partial charge on any atom is -0.378 e. The van der Waals surface area contributed by atoms with Gasteiger partial charge >= 0.3 is 0 Å². The van der Waals surface area contributed by atoms with Gasteiger partial charge in [0.25, 0.3) is 10.0 Å². The van der Waals surface area contributed by atoms with E-state index in [0.29, 0.717) is 12.1 Å². The van der Waals surface area contributed by atoms with Gasteiger partial charge in [-0.2, -0.15) is 23.0 Å². The first-order valence-corrected chi connectivity index (χ1v) is 12.7. The standard InChI is InChI=1S/C26H26N6O2S/c1-19-4-14-24(15-5-19)35(33,34)32-26(21-8-10-22(11-9-21)30(2)3)16-25(29-32)20-6-12-23(13-7-20)31-18-27-17-28-31/h4-15,17-18,26H,16H2,1-3H3. The Morgan fingerprint density at radius 3 is 2.20 bits per heavy atom. The predicted molar refractivity (Wildman–Crippen MR) is 136 cm³/mol. The zero-order valence-electron chi connectivity index (χ0n) is 19.8. The fourth-order valence-corrected chi connectivity index (χ4v) is 5.53. The van der Waals surface area contributed by atoms with Crippen molar-refractivity contribution in [3.63, 3.8) is 0 Å². The van der Waals surface area contributed by atoms with E-state index in [0.717, 1.165) is 28.1 Å². The first-order chi connectivity index (χ1) is 16.8.